The van der Waals surface area contributed by atoms with E-state index in [-0.39, 0.29) is 0 Å². The van der Waals surface area contributed by atoms with Crippen LogP contribution < -0.4 is 0 Å². The summed E-state index contributed by atoms with van der Waals surface area (Å²) in [7, 11) is 4.27. The van der Waals surface area contributed by atoms with Gasteiger partial charge in [0, 0.05) is 6.54 Å². The van der Waals surface area contributed by atoms with Crippen LogP contribution in [0.2, 0.25) is 0 Å². The van der Waals surface area contributed by atoms with Crippen LogP contribution in [0.25, 0.3) is 0 Å². The van der Waals surface area contributed by atoms with Crippen LogP contribution in [-0.2, 0) is 0 Å². The Hall–Kier alpha value is -0.660. The summed E-state index contributed by atoms with van der Waals surface area (Å²) in [6.07, 6.45) is 14.6. The van der Waals surface area contributed by atoms with Crippen molar-refractivity contribution >= 4 is 6.01 Å². The quantitative estimate of drug-likeness (QED) is 0.293. The van der Waals surface area contributed by atoms with Crippen molar-refractivity contribution in [1.29, 1.82) is 0 Å². The van der Waals surface area contributed by atoms with Crippen molar-refractivity contribution in [2.45, 2.75) is 90.5 Å². The maximum Gasteiger partial charge on any atom is 0.0895 e. The van der Waals surface area contributed by atoms with E-state index >= 15 is 0 Å². The van der Waals surface area contributed by atoms with Gasteiger partial charge in [0.05, 0.1) is 12.1 Å². The van der Waals surface area contributed by atoms with Crippen LogP contribution in [0.15, 0.2) is 9.98 Å². The molecule has 0 heterocycles. The first-order valence-corrected chi connectivity index (χ1v) is 9.46. The minimum atomic E-state index is 0.426. The molecule has 0 spiro atoms. The Morgan fingerprint density at radius 3 is 2.00 bits per heavy atom. The highest BCUT2D eigenvalue weighted by molar-refractivity contribution is 5.41. The second kappa shape index (κ2) is 16.7. The molecule has 0 N–H and O–H groups in total. The number of aliphatic imine (C=N–C) groups is 2. The fraction of sp³-hybridized carbons (Fsp3) is 0.947. The van der Waals surface area contributed by atoms with E-state index in [9.17, 15) is 0 Å². The van der Waals surface area contributed by atoms with Crippen molar-refractivity contribution in [1.82, 2.24) is 4.90 Å². The summed E-state index contributed by atoms with van der Waals surface area (Å²) in [5.74, 6) is 0. The minimum Gasteiger partial charge on any atom is -0.309 e. The second-order valence-corrected chi connectivity index (χ2v) is 6.57. The van der Waals surface area contributed by atoms with Crippen LogP contribution in [-0.4, -0.2) is 44.1 Å². The molecular weight excluding hydrogens is 270 g/mol. The van der Waals surface area contributed by atoms with E-state index in [0.29, 0.717) is 6.04 Å². The Balaban J connectivity index is 3.80. The molecule has 0 aromatic rings. The lowest BCUT2D eigenvalue weighted by molar-refractivity contribution is 0.379. The first kappa shape index (κ1) is 21.3. The zero-order valence-electron chi connectivity index (χ0n) is 15.6. The third kappa shape index (κ3) is 15.7. The molecule has 0 saturated carbocycles. The van der Waals surface area contributed by atoms with Gasteiger partial charge in [-0.15, -0.1) is 0 Å². The van der Waals surface area contributed by atoms with Crippen LogP contribution in [0, 0.1) is 0 Å². The molecule has 0 aliphatic rings. The fourth-order valence-corrected chi connectivity index (χ4v) is 2.62. The fourth-order valence-electron chi connectivity index (χ4n) is 2.62. The van der Waals surface area contributed by atoms with E-state index in [1.54, 1.807) is 0 Å². The van der Waals surface area contributed by atoms with Crippen molar-refractivity contribution in [2.24, 2.45) is 9.98 Å². The van der Waals surface area contributed by atoms with Crippen molar-refractivity contribution in [3.8, 4) is 0 Å². The summed E-state index contributed by atoms with van der Waals surface area (Å²) >= 11 is 0. The van der Waals surface area contributed by atoms with Crippen molar-refractivity contribution in [3.63, 3.8) is 0 Å². The Morgan fingerprint density at radius 1 is 0.818 bits per heavy atom. The molecule has 130 valence electrons. The average Bonchev–Trinajstić information content (AvgIpc) is 2.49. The van der Waals surface area contributed by atoms with Crippen LogP contribution in [0.3, 0.4) is 0 Å². The molecule has 0 fully saturated rings. The maximum absolute atomic E-state index is 4.53. The van der Waals surface area contributed by atoms with Crippen molar-refractivity contribution < 1.29 is 0 Å². The van der Waals surface area contributed by atoms with Gasteiger partial charge in [0.25, 0.3) is 0 Å². The summed E-state index contributed by atoms with van der Waals surface area (Å²) in [6.45, 7) is 6.24. The van der Waals surface area contributed by atoms with Crippen LogP contribution in [0.4, 0.5) is 0 Å². The highest BCUT2D eigenvalue weighted by Crippen LogP contribution is 2.14. The summed E-state index contributed by atoms with van der Waals surface area (Å²) < 4.78 is 0. The lowest BCUT2D eigenvalue weighted by atomic mass is 10.0. The average molecular weight is 310 g/mol. The van der Waals surface area contributed by atoms with Crippen molar-refractivity contribution in [3.05, 3.63) is 0 Å². The first-order chi connectivity index (χ1) is 10.7. The molecule has 0 aromatic carbocycles. The number of hydrogen-bond donors (Lipinski definition) is 0. The normalized spacial score (nSPS) is 12.2. The molecule has 0 amide bonds. The van der Waals surface area contributed by atoms with Gasteiger partial charge in [0.1, 0.15) is 0 Å². The minimum absolute atomic E-state index is 0.426. The highest BCUT2D eigenvalue weighted by Gasteiger charge is 2.06. The largest absolute Gasteiger partial charge is 0.309 e. The monoisotopic (exact) mass is 309 g/mol. The summed E-state index contributed by atoms with van der Waals surface area (Å²) in [5.41, 5.74) is 0. The predicted molar refractivity (Wildman–Crippen MR) is 99.2 cm³/mol. The molecule has 22 heavy (non-hydrogen) atoms. The Morgan fingerprint density at radius 2 is 1.41 bits per heavy atom. The number of hydrogen-bond acceptors (Lipinski definition) is 3. The molecule has 3 heteroatoms. The van der Waals surface area contributed by atoms with Gasteiger partial charge in [-0.1, -0.05) is 58.3 Å². The van der Waals surface area contributed by atoms with Gasteiger partial charge in [-0.3, -0.25) is 0 Å². The van der Waals surface area contributed by atoms with Gasteiger partial charge in [0.2, 0.25) is 0 Å². The van der Waals surface area contributed by atoms with Crippen LogP contribution in [0.1, 0.15) is 84.5 Å². The smallest absolute Gasteiger partial charge is 0.0895 e. The van der Waals surface area contributed by atoms with E-state index in [2.05, 4.69) is 41.9 Å². The summed E-state index contributed by atoms with van der Waals surface area (Å²) in [4.78, 5) is 10.9. The lowest BCUT2D eigenvalue weighted by Gasteiger charge is -2.13. The third-order valence-electron chi connectivity index (χ3n) is 4.00. The van der Waals surface area contributed by atoms with E-state index in [1.807, 2.05) is 6.92 Å². The molecule has 1 atom stereocenters. The van der Waals surface area contributed by atoms with Gasteiger partial charge in [-0.25, -0.2) is 9.98 Å². The standard InChI is InChI=1S/C19H39N3/c1-5-7-8-9-10-11-12-13-15-19(21-18-20-6-2)16-14-17-22(3)4/h19H,5-17H2,1-4H3. The summed E-state index contributed by atoms with van der Waals surface area (Å²) in [5, 5.41) is 0. The first-order valence-electron chi connectivity index (χ1n) is 9.46. The topological polar surface area (TPSA) is 28.0 Å². The number of rotatable bonds is 15. The molecule has 3 nitrogen and oxygen atoms in total. The zero-order chi connectivity index (χ0) is 16.5. The van der Waals surface area contributed by atoms with E-state index in [0.717, 1.165) is 13.1 Å². The molecule has 0 aliphatic carbocycles. The molecule has 0 aromatic heterocycles. The van der Waals surface area contributed by atoms with Crippen molar-refractivity contribution in [2.75, 3.05) is 27.2 Å². The van der Waals surface area contributed by atoms with Crippen LogP contribution >= 0.6 is 0 Å². The van der Waals surface area contributed by atoms with Gasteiger partial charge in [-0.2, -0.15) is 0 Å². The SMILES string of the molecule is CCCCCCCCCCC(CCCN(C)C)N=C=NCC. The predicted octanol–water partition coefficient (Wildman–Crippen LogP) is 5.42. The Labute approximate surface area is 139 Å². The van der Waals surface area contributed by atoms with E-state index in [1.165, 1.54) is 70.6 Å². The van der Waals surface area contributed by atoms with Crippen LogP contribution in [0.5, 0.6) is 0 Å². The number of unbranched alkanes of at least 4 members (excludes halogenated alkanes) is 7. The summed E-state index contributed by atoms with van der Waals surface area (Å²) in [6, 6.07) is 3.31. The van der Waals surface area contributed by atoms with Gasteiger partial charge >= 0.3 is 0 Å². The number of nitrogens with zero attached hydrogens (tertiary/aromatic N) is 3. The Kier molecular flexibility index (Phi) is 16.2. The molecule has 0 rings (SSSR count). The zero-order valence-corrected chi connectivity index (χ0v) is 15.6. The maximum atomic E-state index is 4.53. The highest BCUT2D eigenvalue weighted by atomic mass is 15.0. The third-order valence-corrected chi connectivity index (χ3v) is 4.00. The van der Waals surface area contributed by atoms with Gasteiger partial charge < -0.3 is 4.90 Å². The molecule has 0 saturated heterocycles. The van der Waals surface area contributed by atoms with E-state index < -0.39 is 0 Å². The lowest BCUT2D eigenvalue weighted by Crippen LogP contribution is -2.15. The molecule has 0 radical (unpaired) electrons. The molecule has 1 unspecified atom stereocenters. The molecule has 0 aliphatic heterocycles. The van der Waals surface area contributed by atoms with Gasteiger partial charge in [-0.05, 0) is 46.8 Å². The van der Waals surface area contributed by atoms with E-state index in [4.69, 9.17) is 0 Å². The van der Waals surface area contributed by atoms with Gasteiger partial charge in [0.15, 0.2) is 0 Å². The molecule has 0 bridgehead atoms. The second-order valence-electron chi connectivity index (χ2n) is 6.57. The molecular formula is C19H39N3. The Bertz CT molecular complexity index is 280.